The van der Waals surface area contributed by atoms with Crippen LogP contribution < -0.4 is 5.32 Å². The minimum absolute atomic E-state index is 0.122. The number of aromatic nitrogens is 1. The molecule has 0 aliphatic carbocycles. The van der Waals surface area contributed by atoms with Gasteiger partial charge in [0, 0.05) is 0 Å². The Morgan fingerprint density at radius 1 is 1.23 bits per heavy atom. The number of thiazole rings is 1. The fourth-order valence-electron chi connectivity index (χ4n) is 2.94. The molecule has 0 radical (unpaired) electrons. The number of thiophene rings is 1. The summed E-state index contributed by atoms with van der Waals surface area (Å²) in [4.78, 5) is 18.9. The lowest BCUT2D eigenvalue weighted by atomic mass is 10.1. The first kappa shape index (κ1) is 17.7. The van der Waals surface area contributed by atoms with E-state index in [4.69, 9.17) is 11.6 Å². The average Bonchev–Trinajstić information content (AvgIpc) is 3.25. The molecule has 0 bridgehead atoms. The maximum absolute atomic E-state index is 12.7. The third-order valence-corrected chi connectivity index (χ3v) is 8.48. The van der Waals surface area contributed by atoms with Crippen LogP contribution in [0.5, 0.6) is 0 Å². The molecular weight excluding hydrogens is 412 g/mol. The van der Waals surface area contributed by atoms with Crippen LogP contribution in [0.4, 0.5) is 0 Å². The number of hydrogen-bond donors (Lipinski definition) is 1. The fourth-order valence-corrected chi connectivity index (χ4v) is 6.74. The summed E-state index contributed by atoms with van der Waals surface area (Å²) < 4.78 is 25.2. The monoisotopic (exact) mass is 424 g/mol. The Labute approximate surface area is 163 Å². The smallest absolute Gasteiger partial charge is 0.263 e. The fraction of sp³-hybridized carbons (Fsp3) is 0.176. The Balaban J connectivity index is 1.61. The lowest BCUT2D eigenvalue weighted by Crippen LogP contribution is -2.29. The molecular formula is C17H13ClN2O3S3. The first-order valence-corrected chi connectivity index (χ1v) is 11.4. The second kappa shape index (κ2) is 6.45. The minimum atomic E-state index is -3.37. The zero-order valence-electron chi connectivity index (χ0n) is 13.5. The van der Waals surface area contributed by atoms with E-state index in [0.717, 1.165) is 9.88 Å². The van der Waals surface area contributed by atoms with Crippen molar-refractivity contribution < 1.29 is 13.2 Å². The summed E-state index contributed by atoms with van der Waals surface area (Å²) >= 11 is 8.64. The van der Waals surface area contributed by atoms with Crippen LogP contribution in [0.2, 0.25) is 4.34 Å². The number of aryl methyl sites for hydroxylation is 1. The Morgan fingerprint density at radius 3 is 2.73 bits per heavy atom. The van der Waals surface area contributed by atoms with Crippen LogP contribution in [0, 0.1) is 6.92 Å². The number of halogens is 1. The number of rotatable bonds is 3. The average molecular weight is 425 g/mol. The highest BCUT2D eigenvalue weighted by molar-refractivity contribution is 7.91. The molecule has 0 unspecified atom stereocenters. The number of fused-ring (bicyclic) bond motifs is 1. The first-order chi connectivity index (χ1) is 12.3. The van der Waals surface area contributed by atoms with Gasteiger partial charge in [-0.25, -0.2) is 13.4 Å². The van der Waals surface area contributed by atoms with Crippen LogP contribution in [0.1, 0.15) is 27.0 Å². The molecule has 9 heteroatoms. The quantitative estimate of drug-likeness (QED) is 0.686. The van der Waals surface area contributed by atoms with E-state index in [0.29, 0.717) is 25.4 Å². The molecule has 5 nitrogen and oxygen atoms in total. The van der Waals surface area contributed by atoms with Gasteiger partial charge >= 0.3 is 0 Å². The Kier molecular flexibility index (Phi) is 4.38. The normalized spacial score (nSPS) is 17.8. The maximum atomic E-state index is 12.7. The number of nitrogens with zero attached hydrogens (tertiary/aromatic N) is 1. The van der Waals surface area contributed by atoms with E-state index in [-0.39, 0.29) is 11.7 Å². The highest BCUT2D eigenvalue weighted by atomic mass is 35.5. The van der Waals surface area contributed by atoms with Crippen LogP contribution in [-0.4, -0.2) is 25.1 Å². The van der Waals surface area contributed by atoms with E-state index in [1.54, 1.807) is 37.3 Å². The van der Waals surface area contributed by atoms with Crippen molar-refractivity contribution >= 4 is 50.0 Å². The molecule has 0 saturated carbocycles. The van der Waals surface area contributed by atoms with Gasteiger partial charge in [0.25, 0.3) is 5.91 Å². The van der Waals surface area contributed by atoms with E-state index in [2.05, 4.69) is 10.3 Å². The van der Waals surface area contributed by atoms with Gasteiger partial charge in [-0.05, 0) is 30.7 Å². The van der Waals surface area contributed by atoms with E-state index in [1.807, 2.05) is 6.07 Å². The van der Waals surface area contributed by atoms with Gasteiger partial charge in [0.05, 0.1) is 31.6 Å². The topological polar surface area (TPSA) is 76.1 Å². The van der Waals surface area contributed by atoms with Gasteiger partial charge in [-0.3, -0.25) is 4.79 Å². The Hall–Kier alpha value is -1.74. The number of carbonyl (C=O) groups excluding carboxylic acids is 1. The molecule has 1 atom stereocenters. The molecule has 0 saturated heterocycles. The number of nitrogens with one attached hydrogen (secondary N) is 1. The number of carbonyl (C=O) groups is 1. The number of hydrogen-bond acceptors (Lipinski definition) is 6. The predicted molar refractivity (Wildman–Crippen MR) is 104 cm³/mol. The molecule has 1 N–H and O–H groups in total. The molecule has 4 rings (SSSR count). The Bertz CT molecular complexity index is 1120. The summed E-state index contributed by atoms with van der Waals surface area (Å²) in [6.45, 7) is 1.77. The van der Waals surface area contributed by atoms with Crippen molar-refractivity contribution in [3.05, 3.63) is 56.9 Å². The molecule has 1 aliphatic heterocycles. The summed E-state index contributed by atoms with van der Waals surface area (Å²) in [7, 11) is -3.37. The van der Waals surface area contributed by atoms with Crippen LogP contribution in [-0.2, 0) is 9.84 Å². The summed E-state index contributed by atoms with van der Waals surface area (Å²) in [5, 5.41) is 3.57. The van der Waals surface area contributed by atoms with E-state index in [9.17, 15) is 13.2 Å². The Morgan fingerprint density at radius 2 is 2.00 bits per heavy atom. The molecule has 134 valence electrons. The van der Waals surface area contributed by atoms with Gasteiger partial charge in [0.15, 0.2) is 9.84 Å². The van der Waals surface area contributed by atoms with Gasteiger partial charge in [0.1, 0.15) is 9.88 Å². The van der Waals surface area contributed by atoms with Crippen molar-refractivity contribution in [2.45, 2.75) is 17.9 Å². The van der Waals surface area contributed by atoms with Crippen molar-refractivity contribution in [3.8, 4) is 9.88 Å². The molecule has 0 spiro atoms. The second-order valence-corrected chi connectivity index (χ2v) is 10.6. The van der Waals surface area contributed by atoms with E-state index in [1.165, 1.54) is 22.7 Å². The third-order valence-electron chi connectivity index (χ3n) is 4.11. The number of sulfone groups is 1. The zero-order chi connectivity index (χ0) is 18.5. The molecule has 2 aromatic heterocycles. The van der Waals surface area contributed by atoms with E-state index < -0.39 is 15.9 Å². The highest BCUT2D eigenvalue weighted by Crippen LogP contribution is 2.36. The SMILES string of the molecule is Cc1nc(-c2ccc(Cl)s2)sc1C(=O)N[C@H]1CS(=O)(=O)c2ccccc21. The van der Waals surface area contributed by atoms with Crippen molar-refractivity contribution in [1.82, 2.24) is 10.3 Å². The largest absolute Gasteiger partial charge is 0.343 e. The molecule has 3 heterocycles. The summed E-state index contributed by atoms with van der Waals surface area (Å²) in [5.41, 5.74) is 1.24. The molecule has 1 aromatic carbocycles. The molecule has 0 fully saturated rings. The van der Waals surface area contributed by atoms with Crippen molar-refractivity contribution in [2.24, 2.45) is 0 Å². The molecule has 3 aromatic rings. The standard InChI is InChI=1S/C17H13ClN2O3S3/c1-9-15(25-17(19-9)12-6-7-14(18)24-12)16(21)20-11-8-26(22,23)13-5-3-2-4-10(11)13/h2-7,11H,8H2,1H3,(H,20,21)/t11-/m0/s1. The van der Waals surface area contributed by atoms with E-state index >= 15 is 0 Å². The molecule has 1 aliphatic rings. The first-order valence-electron chi connectivity index (χ1n) is 7.71. The minimum Gasteiger partial charge on any atom is -0.343 e. The van der Waals surface area contributed by atoms with Gasteiger partial charge in [-0.1, -0.05) is 29.8 Å². The molecule has 26 heavy (non-hydrogen) atoms. The predicted octanol–water partition coefficient (Wildman–Crippen LogP) is 4.09. The van der Waals surface area contributed by atoms with Crippen LogP contribution in [0.15, 0.2) is 41.3 Å². The third kappa shape index (κ3) is 3.07. The van der Waals surface area contributed by atoms with Gasteiger partial charge in [-0.2, -0.15) is 0 Å². The lowest BCUT2D eigenvalue weighted by molar-refractivity contribution is 0.0944. The number of amides is 1. The van der Waals surface area contributed by atoms with Crippen molar-refractivity contribution in [2.75, 3.05) is 5.75 Å². The van der Waals surface area contributed by atoms with Gasteiger partial charge in [0.2, 0.25) is 0 Å². The van der Waals surface area contributed by atoms with Crippen molar-refractivity contribution in [3.63, 3.8) is 0 Å². The summed E-state index contributed by atoms with van der Waals surface area (Å²) in [6.07, 6.45) is 0. The van der Waals surface area contributed by atoms with Gasteiger partial charge < -0.3 is 5.32 Å². The highest BCUT2D eigenvalue weighted by Gasteiger charge is 2.35. The molecule has 1 amide bonds. The maximum Gasteiger partial charge on any atom is 0.263 e. The second-order valence-electron chi connectivity index (χ2n) is 5.88. The number of benzene rings is 1. The van der Waals surface area contributed by atoms with Crippen LogP contribution in [0.3, 0.4) is 0 Å². The summed E-state index contributed by atoms with van der Waals surface area (Å²) in [5.74, 6) is -0.436. The lowest BCUT2D eigenvalue weighted by Gasteiger charge is -2.12. The van der Waals surface area contributed by atoms with Crippen LogP contribution in [0.25, 0.3) is 9.88 Å². The van der Waals surface area contributed by atoms with Crippen LogP contribution >= 0.6 is 34.3 Å². The van der Waals surface area contributed by atoms with Crippen molar-refractivity contribution in [1.29, 1.82) is 0 Å². The summed E-state index contributed by atoms with van der Waals surface area (Å²) in [6, 6.07) is 9.88. The zero-order valence-corrected chi connectivity index (χ0v) is 16.7. The van der Waals surface area contributed by atoms with Gasteiger partial charge in [-0.15, -0.1) is 22.7 Å².